The van der Waals surface area contributed by atoms with Crippen molar-refractivity contribution < 1.29 is 9.18 Å². The first kappa shape index (κ1) is 16.9. The van der Waals surface area contributed by atoms with E-state index in [2.05, 4.69) is 10.2 Å². The minimum absolute atomic E-state index is 0.224. The van der Waals surface area contributed by atoms with Crippen LogP contribution in [0.3, 0.4) is 0 Å². The first-order chi connectivity index (χ1) is 11.5. The third-order valence-electron chi connectivity index (χ3n) is 3.93. The largest absolute Gasteiger partial charge is 0.368 e. The molecule has 2 aromatic rings. The summed E-state index contributed by atoms with van der Waals surface area (Å²) < 4.78 is 13.3. The van der Waals surface area contributed by atoms with Crippen LogP contribution in [0.5, 0.6) is 0 Å². The van der Waals surface area contributed by atoms with Crippen LogP contribution in [0.2, 0.25) is 10.0 Å². The van der Waals surface area contributed by atoms with Crippen LogP contribution in [-0.4, -0.2) is 37.1 Å². The summed E-state index contributed by atoms with van der Waals surface area (Å²) in [4.78, 5) is 16.1. The van der Waals surface area contributed by atoms with Crippen molar-refractivity contribution in [3.05, 3.63) is 58.3 Å². The van der Waals surface area contributed by atoms with Gasteiger partial charge in [0.1, 0.15) is 5.82 Å². The van der Waals surface area contributed by atoms with Gasteiger partial charge in [-0.2, -0.15) is 0 Å². The van der Waals surface area contributed by atoms with Crippen molar-refractivity contribution in [1.82, 2.24) is 4.90 Å². The first-order valence-corrected chi connectivity index (χ1v) is 8.30. The first-order valence-electron chi connectivity index (χ1n) is 7.55. The Kier molecular flexibility index (Phi) is 5.11. The lowest BCUT2D eigenvalue weighted by Gasteiger charge is -2.36. The zero-order chi connectivity index (χ0) is 17.1. The van der Waals surface area contributed by atoms with Crippen LogP contribution in [0.25, 0.3) is 0 Å². The van der Waals surface area contributed by atoms with Gasteiger partial charge in [0.05, 0.1) is 15.7 Å². The van der Waals surface area contributed by atoms with Gasteiger partial charge in [-0.15, -0.1) is 0 Å². The van der Waals surface area contributed by atoms with Crippen LogP contribution in [0.15, 0.2) is 42.5 Å². The van der Waals surface area contributed by atoms with Gasteiger partial charge >= 0.3 is 6.03 Å². The molecule has 1 fully saturated rings. The number of halogens is 3. The maximum absolute atomic E-state index is 13.3. The molecule has 0 aliphatic carbocycles. The number of carbonyl (C=O) groups excluding carboxylic acids is 1. The van der Waals surface area contributed by atoms with Gasteiger partial charge in [-0.25, -0.2) is 9.18 Å². The summed E-state index contributed by atoms with van der Waals surface area (Å²) >= 11 is 12.0. The zero-order valence-electron chi connectivity index (χ0n) is 12.8. The molecule has 7 heteroatoms. The molecule has 126 valence electrons. The average Bonchev–Trinajstić information content (AvgIpc) is 2.59. The van der Waals surface area contributed by atoms with E-state index in [0.717, 1.165) is 5.69 Å². The summed E-state index contributed by atoms with van der Waals surface area (Å²) in [6.07, 6.45) is 0. The van der Waals surface area contributed by atoms with E-state index >= 15 is 0 Å². The van der Waals surface area contributed by atoms with Crippen LogP contribution >= 0.6 is 23.2 Å². The van der Waals surface area contributed by atoms with E-state index in [1.807, 2.05) is 6.07 Å². The van der Waals surface area contributed by atoms with Gasteiger partial charge in [-0.05, 0) is 30.3 Å². The number of rotatable bonds is 2. The van der Waals surface area contributed by atoms with Crippen molar-refractivity contribution in [3.8, 4) is 0 Å². The number of urea groups is 1. The molecule has 0 saturated carbocycles. The lowest BCUT2D eigenvalue weighted by molar-refractivity contribution is 0.208. The molecule has 1 N–H and O–H groups in total. The highest BCUT2D eigenvalue weighted by molar-refractivity contribution is 6.43. The van der Waals surface area contributed by atoms with E-state index in [4.69, 9.17) is 23.2 Å². The summed E-state index contributed by atoms with van der Waals surface area (Å²) in [6.45, 7) is 2.36. The van der Waals surface area contributed by atoms with Crippen molar-refractivity contribution >= 4 is 40.6 Å². The fourth-order valence-corrected chi connectivity index (χ4v) is 2.98. The highest BCUT2D eigenvalue weighted by atomic mass is 35.5. The molecule has 0 radical (unpaired) electrons. The van der Waals surface area contributed by atoms with E-state index in [1.54, 1.807) is 29.2 Å². The molecule has 2 amide bonds. The molecule has 1 saturated heterocycles. The van der Waals surface area contributed by atoms with E-state index in [0.29, 0.717) is 41.9 Å². The Bertz CT molecular complexity index is 748. The van der Waals surface area contributed by atoms with Crippen LogP contribution in [0, 0.1) is 5.82 Å². The second-order valence-electron chi connectivity index (χ2n) is 5.49. The number of hydrogen-bond donors (Lipinski definition) is 1. The minimum atomic E-state index is -0.261. The number of piperazine rings is 1. The molecule has 24 heavy (non-hydrogen) atoms. The van der Waals surface area contributed by atoms with Crippen LogP contribution in [-0.2, 0) is 0 Å². The number of nitrogens with zero attached hydrogens (tertiary/aromatic N) is 2. The second kappa shape index (κ2) is 7.28. The van der Waals surface area contributed by atoms with Crippen LogP contribution < -0.4 is 10.2 Å². The van der Waals surface area contributed by atoms with Gasteiger partial charge in [0.2, 0.25) is 0 Å². The summed E-state index contributed by atoms with van der Waals surface area (Å²) in [7, 11) is 0. The molecule has 0 unspecified atom stereocenters. The van der Waals surface area contributed by atoms with Gasteiger partial charge in [-0.3, -0.25) is 0 Å². The predicted octanol–water partition coefficient (Wildman–Crippen LogP) is 4.49. The van der Waals surface area contributed by atoms with Crippen molar-refractivity contribution in [1.29, 1.82) is 0 Å². The predicted molar refractivity (Wildman–Crippen MR) is 95.7 cm³/mol. The fraction of sp³-hybridized carbons (Fsp3) is 0.235. The quantitative estimate of drug-likeness (QED) is 0.848. The van der Waals surface area contributed by atoms with Gasteiger partial charge in [0.15, 0.2) is 0 Å². The van der Waals surface area contributed by atoms with Crippen molar-refractivity contribution in [2.24, 2.45) is 0 Å². The van der Waals surface area contributed by atoms with Crippen molar-refractivity contribution in [2.45, 2.75) is 0 Å². The van der Waals surface area contributed by atoms with Gasteiger partial charge in [-0.1, -0.05) is 35.3 Å². The molecule has 0 aromatic heterocycles. The zero-order valence-corrected chi connectivity index (χ0v) is 14.3. The minimum Gasteiger partial charge on any atom is -0.368 e. The number of amides is 2. The third-order valence-corrected chi connectivity index (χ3v) is 4.75. The molecular formula is C17H16Cl2FN3O. The molecule has 1 heterocycles. The van der Waals surface area contributed by atoms with Crippen LogP contribution in [0.4, 0.5) is 20.6 Å². The topological polar surface area (TPSA) is 35.6 Å². The number of nitrogens with one attached hydrogen (secondary N) is 1. The van der Waals surface area contributed by atoms with E-state index in [-0.39, 0.29) is 11.8 Å². The van der Waals surface area contributed by atoms with E-state index in [9.17, 15) is 9.18 Å². The maximum Gasteiger partial charge on any atom is 0.322 e. The molecule has 4 nitrogen and oxygen atoms in total. The van der Waals surface area contributed by atoms with Gasteiger partial charge in [0, 0.05) is 31.9 Å². The standard InChI is InChI=1S/C17H16Cl2FN3O/c18-14-5-2-6-15(16(14)19)21-17(24)23-9-7-22(8-10-23)13-4-1-3-12(20)11-13/h1-6,11H,7-10H2,(H,21,24). The summed E-state index contributed by atoms with van der Waals surface area (Å²) in [5.41, 5.74) is 1.31. The molecule has 0 spiro atoms. The monoisotopic (exact) mass is 367 g/mol. The highest BCUT2D eigenvalue weighted by Gasteiger charge is 2.22. The summed E-state index contributed by atoms with van der Waals surface area (Å²) in [5.74, 6) is -0.261. The Hall–Kier alpha value is -1.98. The van der Waals surface area contributed by atoms with E-state index in [1.165, 1.54) is 12.1 Å². The molecule has 0 atom stereocenters. The van der Waals surface area contributed by atoms with Crippen molar-refractivity contribution in [3.63, 3.8) is 0 Å². The number of benzene rings is 2. The van der Waals surface area contributed by atoms with Gasteiger partial charge in [0.25, 0.3) is 0 Å². The number of hydrogen-bond acceptors (Lipinski definition) is 2. The Balaban J connectivity index is 1.60. The normalized spacial score (nSPS) is 14.6. The van der Waals surface area contributed by atoms with Gasteiger partial charge < -0.3 is 15.1 Å². The van der Waals surface area contributed by atoms with E-state index < -0.39 is 0 Å². The Morgan fingerprint density at radius 1 is 1.04 bits per heavy atom. The average molecular weight is 368 g/mol. The molecular weight excluding hydrogens is 352 g/mol. The molecule has 0 bridgehead atoms. The Morgan fingerprint density at radius 3 is 2.46 bits per heavy atom. The Morgan fingerprint density at radius 2 is 1.75 bits per heavy atom. The Labute approximate surface area is 149 Å². The lowest BCUT2D eigenvalue weighted by atomic mass is 10.2. The summed E-state index contributed by atoms with van der Waals surface area (Å²) in [6, 6.07) is 11.3. The lowest BCUT2D eigenvalue weighted by Crippen LogP contribution is -2.50. The second-order valence-corrected chi connectivity index (χ2v) is 6.27. The highest BCUT2D eigenvalue weighted by Crippen LogP contribution is 2.29. The fourth-order valence-electron chi connectivity index (χ4n) is 2.64. The molecule has 1 aliphatic heterocycles. The third kappa shape index (κ3) is 3.74. The van der Waals surface area contributed by atoms with Crippen LogP contribution in [0.1, 0.15) is 0 Å². The molecule has 2 aromatic carbocycles. The SMILES string of the molecule is O=C(Nc1cccc(Cl)c1Cl)N1CCN(c2cccc(F)c2)CC1. The summed E-state index contributed by atoms with van der Waals surface area (Å²) in [5, 5.41) is 3.50. The van der Waals surface area contributed by atoms with Crippen molar-refractivity contribution in [2.75, 3.05) is 36.4 Å². The molecule has 3 rings (SSSR count). The smallest absolute Gasteiger partial charge is 0.322 e. The molecule has 1 aliphatic rings. The number of carbonyl (C=O) groups is 1. The maximum atomic E-state index is 13.3. The number of anilines is 2.